The fourth-order valence-electron chi connectivity index (χ4n) is 9.96. The van der Waals surface area contributed by atoms with E-state index in [4.69, 9.17) is 9.84 Å². The number of benzene rings is 5. The third-order valence-corrected chi connectivity index (χ3v) is 11.3. The molecular weight excluding hydrogens is 554 g/mol. The van der Waals surface area contributed by atoms with Crippen LogP contribution in [-0.2, 0) is 11.1 Å². The summed E-state index contributed by atoms with van der Waals surface area (Å²) in [7, 11) is 0. The summed E-state index contributed by atoms with van der Waals surface area (Å²) in [5.41, 5.74) is 12.5. The molecule has 5 aromatic carbocycles. The SMILES string of the molecule is c1ccc2c(c1)-c1ccccc1C21c2ccc[n+]3c2-n2c4c1cccc4c1ccc4c(c12)C31c2c(cccc2-n2ncc[n+]21)O4. The van der Waals surface area contributed by atoms with Gasteiger partial charge in [-0.25, -0.2) is 0 Å². The third-order valence-electron chi connectivity index (χ3n) is 11.3. The van der Waals surface area contributed by atoms with Crippen molar-refractivity contribution < 1.29 is 14.0 Å². The smallest absolute Gasteiger partial charge is 0.337 e. The molecule has 1 unspecified atom stereocenters. The van der Waals surface area contributed by atoms with E-state index in [0.29, 0.717) is 0 Å². The molecule has 6 heteroatoms. The van der Waals surface area contributed by atoms with Crippen LogP contribution in [0.25, 0.3) is 44.4 Å². The van der Waals surface area contributed by atoms with Gasteiger partial charge in [-0.3, -0.25) is 0 Å². The van der Waals surface area contributed by atoms with Gasteiger partial charge in [0.2, 0.25) is 6.20 Å². The van der Waals surface area contributed by atoms with E-state index in [-0.39, 0.29) is 0 Å². The van der Waals surface area contributed by atoms with Crippen LogP contribution in [0.4, 0.5) is 0 Å². The van der Waals surface area contributed by atoms with Crippen LogP contribution in [0.5, 0.6) is 11.5 Å². The van der Waals surface area contributed by atoms with Crippen LogP contribution >= 0.6 is 0 Å². The van der Waals surface area contributed by atoms with Crippen LogP contribution in [-0.4, -0.2) is 14.5 Å². The van der Waals surface area contributed by atoms with Gasteiger partial charge >= 0.3 is 5.66 Å². The fraction of sp³-hybridized carbons (Fsp3) is 0.0513. The van der Waals surface area contributed by atoms with E-state index >= 15 is 0 Å². The lowest BCUT2D eigenvalue weighted by Gasteiger charge is -2.40. The van der Waals surface area contributed by atoms with Crippen molar-refractivity contribution in [3.8, 4) is 34.1 Å². The highest BCUT2D eigenvalue weighted by Gasteiger charge is 2.68. The Morgan fingerprint density at radius 3 is 2.20 bits per heavy atom. The maximum absolute atomic E-state index is 6.79. The van der Waals surface area contributed by atoms with Crippen LogP contribution in [0, 0.1) is 0 Å². The zero-order valence-corrected chi connectivity index (χ0v) is 23.8. The van der Waals surface area contributed by atoms with Gasteiger partial charge in [-0.2, -0.15) is 9.13 Å². The lowest BCUT2D eigenvalue weighted by Crippen LogP contribution is -2.77. The Labute approximate surface area is 256 Å². The first kappa shape index (κ1) is 21.6. The van der Waals surface area contributed by atoms with Crippen LogP contribution in [0.15, 0.2) is 128 Å². The molecule has 4 aliphatic heterocycles. The molecule has 45 heavy (non-hydrogen) atoms. The third kappa shape index (κ3) is 1.90. The number of pyridine rings is 1. The number of nitrogens with zero attached hydrogens (tertiary/aromatic N) is 5. The van der Waals surface area contributed by atoms with Gasteiger partial charge in [0.15, 0.2) is 11.7 Å². The van der Waals surface area contributed by atoms with Gasteiger partial charge in [-0.15, -0.1) is 4.68 Å². The summed E-state index contributed by atoms with van der Waals surface area (Å²) in [4.78, 5) is 2.05. The second-order valence-corrected chi connectivity index (χ2v) is 12.8. The normalized spacial score (nSPS) is 18.7. The van der Waals surface area contributed by atoms with Gasteiger partial charge < -0.3 is 4.74 Å². The van der Waals surface area contributed by atoms with Crippen molar-refractivity contribution in [2.45, 2.75) is 11.1 Å². The highest BCUT2D eigenvalue weighted by atomic mass is 16.5. The summed E-state index contributed by atoms with van der Waals surface area (Å²) in [6.45, 7) is 0. The summed E-state index contributed by atoms with van der Waals surface area (Å²) >= 11 is 0. The van der Waals surface area contributed by atoms with E-state index in [1.807, 2.05) is 11.0 Å². The van der Waals surface area contributed by atoms with Gasteiger partial charge in [0.1, 0.15) is 33.8 Å². The second-order valence-electron chi connectivity index (χ2n) is 12.8. The molecule has 5 aliphatic rings. The van der Waals surface area contributed by atoms with Gasteiger partial charge in [0, 0.05) is 21.4 Å². The van der Waals surface area contributed by atoms with Crippen molar-refractivity contribution in [1.29, 1.82) is 0 Å². The van der Waals surface area contributed by atoms with E-state index in [1.54, 1.807) is 0 Å². The molecule has 0 N–H and O–H groups in total. The number of fused-ring (bicyclic) bond motifs is 10. The van der Waals surface area contributed by atoms with Gasteiger partial charge in [-0.05, 0) is 69.5 Å². The number of aromatic nitrogens is 5. The Balaban J connectivity index is 1.36. The van der Waals surface area contributed by atoms with Crippen LogP contribution in [0.1, 0.15) is 33.4 Å². The van der Waals surface area contributed by atoms with Crippen molar-refractivity contribution in [3.63, 3.8) is 0 Å². The monoisotopic (exact) mass is 575 g/mol. The second kappa shape index (κ2) is 6.56. The van der Waals surface area contributed by atoms with Crippen LogP contribution in [0.3, 0.4) is 0 Å². The predicted molar refractivity (Wildman–Crippen MR) is 167 cm³/mol. The Kier molecular flexibility index (Phi) is 3.16. The minimum absolute atomic E-state index is 0.483. The molecule has 0 saturated carbocycles. The molecule has 0 saturated heterocycles. The first-order chi connectivity index (χ1) is 22.3. The van der Waals surface area contributed by atoms with Gasteiger partial charge in [0.25, 0.3) is 5.82 Å². The molecule has 7 heterocycles. The standard InChI is InChI=1S/C39H21N5O/c1-3-11-26-22(8-1)23-9-2-4-12-27(23)38(26)28-13-5-10-24-25-17-18-32-34-36(25)43(35(24)28)37-29(38)14-7-20-41(37)39(34)33-30(15-6-16-31(33)45-32)44-40-19-21-42(39)44/h1-21H/q+2. The number of hydrogen-bond donors (Lipinski definition) is 0. The quantitative estimate of drug-likeness (QED) is 0.201. The maximum Gasteiger partial charge on any atom is 0.337 e. The fourth-order valence-corrected chi connectivity index (χ4v) is 9.96. The Morgan fingerprint density at radius 1 is 0.600 bits per heavy atom. The summed E-state index contributed by atoms with van der Waals surface area (Å²) < 4.78 is 14.2. The highest BCUT2D eigenvalue weighted by molar-refractivity contribution is 6.14. The van der Waals surface area contributed by atoms with E-state index in [1.165, 1.54) is 61.0 Å². The molecule has 8 aromatic rings. The minimum Gasteiger partial charge on any atom is -0.456 e. The Hall–Kier alpha value is -6.01. The van der Waals surface area contributed by atoms with E-state index in [2.05, 4.69) is 135 Å². The summed E-state index contributed by atoms with van der Waals surface area (Å²) in [6.07, 6.45) is 6.29. The van der Waals surface area contributed by atoms with Crippen molar-refractivity contribution in [1.82, 2.24) is 14.5 Å². The number of rotatable bonds is 0. The topological polar surface area (TPSA) is 39.7 Å². The molecule has 13 rings (SSSR count). The molecule has 1 aliphatic carbocycles. The average Bonchev–Trinajstić information content (AvgIpc) is 3.84. The molecule has 3 aromatic heterocycles. The molecule has 206 valence electrons. The van der Waals surface area contributed by atoms with E-state index < -0.39 is 11.1 Å². The molecule has 0 fully saturated rings. The molecular formula is C39H21N5O+2. The number of ether oxygens (including phenoxy) is 1. The minimum atomic E-state index is -0.721. The van der Waals surface area contributed by atoms with Crippen LogP contribution < -0.4 is 14.0 Å². The van der Waals surface area contributed by atoms with Gasteiger partial charge in [0.05, 0.1) is 17.2 Å². The molecule has 0 radical (unpaired) electrons. The van der Waals surface area contributed by atoms with E-state index in [0.717, 1.165) is 28.3 Å². The summed E-state index contributed by atoms with van der Waals surface area (Å²) in [6, 6.07) is 40.4. The van der Waals surface area contributed by atoms with Crippen molar-refractivity contribution in [2.75, 3.05) is 0 Å². The lowest BCUT2D eigenvalue weighted by atomic mass is 9.66. The predicted octanol–water partition coefficient (Wildman–Crippen LogP) is 6.25. The van der Waals surface area contributed by atoms with Gasteiger partial charge in [-0.1, -0.05) is 66.7 Å². The molecule has 2 spiro atoms. The molecule has 1 atom stereocenters. The number of hydrogen-bond acceptors (Lipinski definition) is 2. The summed E-state index contributed by atoms with van der Waals surface area (Å²) in [5, 5.41) is 7.36. The first-order valence-electron chi connectivity index (χ1n) is 15.5. The van der Waals surface area contributed by atoms with Crippen molar-refractivity contribution >= 4 is 21.8 Å². The number of para-hydroxylation sites is 1. The maximum atomic E-state index is 6.79. The van der Waals surface area contributed by atoms with Crippen molar-refractivity contribution in [3.05, 3.63) is 161 Å². The first-order valence-corrected chi connectivity index (χ1v) is 15.5. The zero-order valence-electron chi connectivity index (χ0n) is 23.8. The average molecular weight is 576 g/mol. The zero-order chi connectivity index (χ0) is 28.8. The Bertz CT molecular complexity index is 2720. The van der Waals surface area contributed by atoms with Crippen LogP contribution in [0.2, 0.25) is 0 Å². The molecule has 6 nitrogen and oxygen atoms in total. The summed E-state index contributed by atoms with van der Waals surface area (Å²) in [5.74, 6) is 2.95. The molecule has 0 amide bonds. The lowest BCUT2D eigenvalue weighted by molar-refractivity contribution is -0.995. The molecule has 0 bridgehead atoms. The van der Waals surface area contributed by atoms with E-state index in [9.17, 15) is 0 Å². The van der Waals surface area contributed by atoms with Crippen molar-refractivity contribution in [2.24, 2.45) is 0 Å². The highest BCUT2D eigenvalue weighted by Crippen LogP contribution is 2.63. The Morgan fingerprint density at radius 2 is 1.33 bits per heavy atom. The largest absolute Gasteiger partial charge is 0.456 e.